The Morgan fingerprint density at radius 3 is 1.26 bits per heavy atom. The zero-order valence-electron chi connectivity index (χ0n) is 12.2. The highest BCUT2D eigenvalue weighted by atomic mass is 16.3. The van der Waals surface area contributed by atoms with E-state index in [4.69, 9.17) is 0 Å². The molecule has 0 bridgehead atoms. The first-order chi connectivity index (χ1) is 9.07. The van der Waals surface area contributed by atoms with Crippen molar-refractivity contribution >= 4 is 0 Å². The molecule has 2 aliphatic rings. The zero-order chi connectivity index (χ0) is 13.9. The van der Waals surface area contributed by atoms with E-state index in [1.807, 2.05) is 0 Å². The molecule has 0 spiro atoms. The van der Waals surface area contributed by atoms with E-state index >= 15 is 0 Å². The van der Waals surface area contributed by atoms with Crippen LogP contribution in [0.1, 0.15) is 65.2 Å². The van der Waals surface area contributed by atoms with Gasteiger partial charge in [-0.05, 0) is 68.6 Å². The number of hydrogen-bond acceptors (Lipinski definition) is 4. The molecule has 2 rings (SSSR count). The van der Waals surface area contributed by atoms with Crippen LogP contribution in [0, 0.1) is 27.1 Å². The van der Waals surface area contributed by atoms with Crippen LogP contribution in [0.25, 0.3) is 0 Å². The van der Waals surface area contributed by atoms with Gasteiger partial charge in [0.25, 0.3) is 0 Å². The van der Waals surface area contributed by atoms with Crippen LogP contribution in [0.2, 0.25) is 0 Å². The summed E-state index contributed by atoms with van der Waals surface area (Å²) >= 11 is 0. The lowest BCUT2D eigenvalue weighted by Gasteiger charge is -2.45. The van der Waals surface area contributed by atoms with E-state index in [-0.39, 0.29) is 12.1 Å². The minimum atomic E-state index is 0.0575. The predicted molar refractivity (Wildman–Crippen MR) is 76.9 cm³/mol. The van der Waals surface area contributed by atoms with Crippen molar-refractivity contribution in [1.82, 2.24) is 0 Å². The summed E-state index contributed by atoms with van der Waals surface area (Å²) < 4.78 is 0. The minimum absolute atomic E-state index is 0.0575. The van der Waals surface area contributed by atoms with E-state index in [0.29, 0.717) is 17.3 Å². The van der Waals surface area contributed by atoms with Crippen LogP contribution < -0.4 is 0 Å². The molecule has 2 saturated carbocycles. The van der Waals surface area contributed by atoms with E-state index in [9.17, 15) is 9.81 Å². The first-order valence-corrected chi connectivity index (χ1v) is 7.72. The Kier molecular flexibility index (Phi) is 4.69. The topological polar surface area (TPSA) is 58.9 Å². The van der Waals surface area contributed by atoms with Crippen LogP contribution in [-0.2, 0) is 0 Å². The highest BCUT2D eigenvalue weighted by molar-refractivity contribution is 4.92. The van der Waals surface area contributed by atoms with Gasteiger partial charge in [0.1, 0.15) is 0 Å². The molecule has 0 aliphatic heterocycles. The predicted octanol–water partition coefficient (Wildman–Crippen LogP) is 4.66. The molecule has 4 nitrogen and oxygen atoms in total. The van der Waals surface area contributed by atoms with Crippen LogP contribution in [0.5, 0.6) is 0 Å². The lowest BCUT2D eigenvalue weighted by Crippen LogP contribution is -2.38. The standard InChI is InChI=1S/C15H26N2O2/c1-15(2,11-3-7-13(16-18)8-4-11)12-5-9-14(17-19)10-6-12/h11-14H,3-10H2,1-2H3. The molecule has 0 aromatic heterocycles. The lowest BCUT2D eigenvalue weighted by atomic mass is 9.60. The van der Waals surface area contributed by atoms with Crippen LogP contribution in [0.4, 0.5) is 0 Å². The van der Waals surface area contributed by atoms with Gasteiger partial charge in [-0.1, -0.05) is 24.2 Å². The maximum atomic E-state index is 10.6. The Balaban J connectivity index is 1.91. The second-order valence-corrected chi connectivity index (χ2v) is 7.04. The average molecular weight is 266 g/mol. The molecule has 2 fully saturated rings. The van der Waals surface area contributed by atoms with Crippen molar-refractivity contribution in [2.75, 3.05) is 0 Å². The largest absolute Gasteiger partial charge is 0.151 e. The van der Waals surface area contributed by atoms with E-state index in [2.05, 4.69) is 24.2 Å². The van der Waals surface area contributed by atoms with Gasteiger partial charge in [0.05, 0.1) is 12.1 Å². The minimum Gasteiger partial charge on any atom is -0.151 e. The summed E-state index contributed by atoms with van der Waals surface area (Å²) in [5.74, 6) is 1.41. The second kappa shape index (κ2) is 6.10. The first-order valence-electron chi connectivity index (χ1n) is 7.72. The number of hydrogen-bond donors (Lipinski definition) is 0. The maximum Gasteiger partial charge on any atom is 0.0920 e. The maximum absolute atomic E-state index is 10.6. The zero-order valence-corrected chi connectivity index (χ0v) is 12.2. The summed E-state index contributed by atoms with van der Waals surface area (Å²) in [6.07, 6.45) is 8.38. The molecule has 0 amide bonds. The molecule has 108 valence electrons. The Labute approximate surface area is 115 Å². The monoisotopic (exact) mass is 266 g/mol. The molecule has 0 aromatic rings. The summed E-state index contributed by atoms with van der Waals surface area (Å²) in [7, 11) is 0. The molecule has 0 radical (unpaired) electrons. The first kappa shape index (κ1) is 14.6. The Bertz CT molecular complexity index is 284. The average Bonchev–Trinajstić information content (AvgIpc) is 2.47. The fourth-order valence-corrected chi connectivity index (χ4v) is 4.18. The third kappa shape index (κ3) is 3.21. The van der Waals surface area contributed by atoms with Gasteiger partial charge in [0.2, 0.25) is 0 Å². The molecule has 0 atom stereocenters. The number of nitroso groups, excluding NO2 is 2. The Hall–Kier alpha value is -0.800. The van der Waals surface area contributed by atoms with E-state index in [1.165, 1.54) is 0 Å². The molecule has 4 heteroatoms. The van der Waals surface area contributed by atoms with Crippen LogP contribution in [-0.4, -0.2) is 12.1 Å². The molecule has 0 unspecified atom stereocenters. The van der Waals surface area contributed by atoms with E-state index in [0.717, 1.165) is 51.4 Å². The van der Waals surface area contributed by atoms with Gasteiger partial charge < -0.3 is 0 Å². The fourth-order valence-electron chi connectivity index (χ4n) is 4.18. The van der Waals surface area contributed by atoms with Gasteiger partial charge in [-0.2, -0.15) is 9.81 Å². The molecule has 0 saturated heterocycles. The molecule has 0 aromatic carbocycles. The van der Waals surface area contributed by atoms with Crippen molar-refractivity contribution in [2.24, 2.45) is 27.6 Å². The number of nitrogens with zero attached hydrogens (tertiary/aromatic N) is 2. The Morgan fingerprint density at radius 2 is 1.00 bits per heavy atom. The molecule has 19 heavy (non-hydrogen) atoms. The molecular formula is C15H26N2O2. The van der Waals surface area contributed by atoms with Crippen molar-refractivity contribution < 1.29 is 0 Å². The van der Waals surface area contributed by atoms with Gasteiger partial charge in [0.15, 0.2) is 0 Å². The summed E-state index contributed by atoms with van der Waals surface area (Å²) in [4.78, 5) is 21.2. The molecule has 2 aliphatic carbocycles. The quantitative estimate of drug-likeness (QED) is 0.694. The summed E-state index contributed by atoms with van der Waals surface area (Å²) in [5.41, 5.74) is 0.321. The summed E-state index contributed by atoms with van der Waals surface area (Å²) in [5, 5.41) is 6.40. The summed E-state index contributed by atoms with van der Waals surface area (Å²) in [6, 6.07) is 0.115. The number of rotatable bonds is 4. The summed E-state index contributed by atoms with van der Waals surface area (Å²) in [6.45, 7) is 4.76. The van der Waals surface area contributed by atoms with Gasteiger partial charge in [0, 0.05) is 0 Å². The van der Waals surface area contributed by atoms with Gasteiger partial charge in [-0.25, -0.2) is 0 Å². The fraction of sp³-hybridized carbons (Fsp3) is 1.00. The Morgan fingerprint density at radius 1 is 0.684 bits per heavy atom. The van der Waals surface area contributed by atoms with Crippen molar-refractivity contribution in [3.8, 4) is 0 Å². The van der Waals surface area contributed by atoms with Crippen molar-refractivity contribution in [2.45, 2.75) is 77.3 Å². The second-order valence-electron chi connectivity index (χ2n) is 7.04. The molecule has 0 N–H and O–H groups in total. The van der Waals surface area contributed by atoms with E-state index < -0.39 is 0 Å². The normalized spacial score (nSPS) is 36.7. The van der Waals surface area contributed by atoms with E-state index in [1.54, 1.807) is 0 Å². The van der Waals surface area contributed by atoms with Crippen LogP contribution in [0.15, 0.2) is 10.4 Å². The van der Waals surface area contributed by atoms with Crippen molar-refractivity contribution in [3.63, 3.8) is 0 Å². The SMILES string of the molecule is CC(C)(C1CCC(N=O)CC1)C1CCC(N=O)CC1. The third-order valence-electron chi connectivity index (χ3n) is 5.80. The third-order valence-corrected chi connectivity index (χ3v) is 5.80. The van der Waals surface area contributed by atoms with Gasteiger partial charge in [-0.15, -0.1) is 0 Å². The smallest absolute Gasteiger partial charge is 0.0920 e. The van der Waals surface area contributed by atoms with Crippen molar-refractivity contribution in [1.29, 1.82) is 0 Å². The highest BCUT2D eigenvalue weighted by Crippen LogP contribution is 2.48. The highest BCUT2D eigenvalue weighted by Gasteiger charge is 2.40. The van der Waals surface area contributed by atoms with Gasteiger partial charge >= 0.3 is 0 Å². The lowest BCUT2D eigenvalue weighted by molar-refractivity contribution is 0.0523. The molecule has 0 heterocycles. The van der Waals surface area contributed by atoms with Crippen molar-refractivity contribution in [3.05, 3.63) is 9.81 Å². The van der Waals surface area contributed by atoms with Crippen LogP contribution >= 0.6 is 0 Å². The van der Waals surface area contributed by atoms with Crippen LogP contribution in [0.3, 0.4) is 0 Å². The van der Waals surface area contributed by atoms with Gasteiger partial charge in [-0.3, -0.25) is 0 Å². The molecular weight excluding hydrogens is 240 g/mol.